The number of hydrogen-bond donors (Lipinski definition) is 0. The van der Waals surface area contributed by atoms with Gasteiger partial charge in [0.15, 0.2) is 5.65 Å². The molecule has 0 amide bonds. The lowest BCUT2D eigenvalue weighted by Gasteiger charge is -2.23. The molecule has 1 atom stereocenters. The van der Waals surface area contributed by atoms with Crippen molar-refractivity contribution in [1.82, 2.24) is 19.5 Å². The quantitative estimate of drug-likeness (QED) is 0.643. The summed E-state index contributed by atoms with van der Waals surface area (Å²) in [5, 5.41) is 0. The van der Waals surface area contributed by atoms with Gasteiger partial charge in [-0.3, -0.25) is 4.57 Å². The zero-order chi connectivity index (χ0) is 15.9. The second kappa shape index (κ2) is 7.76. The van der Waals surface area contributed by atoms with E-state index in [0.717, 1.165) is 56.3 Å². The average Bonchev–Trinajstić information content (AvgIpc) is 3.03. The minimum Gasteiger partial charge on any atom is -0.358 e. The van der Waals surface area contributed by atoms with Crippen LogP contribution in [-0.2, 0) is 4.74 Å². The molecule has 5 heteroatoms. The Morgan fingerprint density at radius 2 is 2.13 bits per heavy atom. The normalized spacial score (nSPS) is 17.4. The summed E-state index contributed by atoms with van der Waals surface area (Å²) in [4.78, 5) is 13.1. The lowest BCUT2D eigenvalue weighted by Crippen LogP contribution is -2.17. The lowest BCUT2D eigenvalue weighted by molar-refractivity contribution is -0.0298. The zero-order valence-electron chi connectivity index (χ0n) is 13.2. The van der Waals surface area contributed by atoms with Gasteiger partial charge >= 0.3 is 0 Å². The number of unbranched alkanes of at least 4 members (excludes halogenated alkanes) is 3. The third kappa shape index (κ3) is 3.70. The molecule has 0 N–H and O–H groups in total. The molecule has 1 fully saturated rings. The molecular formula is C18H20N4O. The van der Waals surface area contributed by atoms with E-state index in [2.05, 4.69) is 32.7 Å². The molecule has 0 aromatic carbocycles. The molecule has 3 rings (SSSR count). The van der Waals surface area contributed by atoms with Crippen molar-refractivity contribution in [3.63, 3.8) is 0 Å². The lowest BCUT2D eigenvalue weighted by atomic mass is 10.2. The first-order valence-electron chi connectivity index (χ1n) is 8.11. The van der Waals surface area contributed by atoms with Crippen molar-refractivity contribution in [2.75, 3.05) is 6.61 Å². The number of terminal acetylenes is 1. The van der Waals surface area contributed by atoms with E-state index in [4.69, 9.17) is 11.2 Å². The number of rotatable bonds is 4. The Kier molecular flexibility index (Phi) is 5.24. The standard InChI is InChI=1S/C18H20N4O/c1-2-3-4-5-6-7-10-15-17-18(20-13-19-15)22(14-21-17)16-11-8-9-12-23-16/h1,13-14,16H,3-6,8-9,11-12H2. The van der Waals surface area contributed by atoms with Crippen molar-refractivity contribution in [3.8, 4) is 24.2 Å². The largest absolute Gasteiger partial charge is 0.358 e. The van der Waals surface area contributed by atoms with Crippen LogP contribution in [0.3, 0.4) is 0 Å². The molecule has 2 aromatic heterocycles. The van der Waals surface area contributed by atoms with Crippen molar-refractivity contribution in [1.29, 1.82) is 0 Å². The van der Waals surface area contributed by atoms with Crippen LogP contribution in [0.2, 0.25) is 0 Å². The van der Waals surface area contributed by atoms with E-state index in [1.807, 2.05) is 4.57 Å². The van der Waals surface area contributed by atoms with E-state index < -0.39 is 0 Å². The van der Waals surface area contributed by atoms with Gasteiger partial charge in [0, 0.05) is 19.4 Å². The van der Waals surface area contributed by atoms with Crippen LogP contribution >= 0.6 is 0 Å². The molecule has 5 nitrogen and oxygen atoms in total. The van der Waals surface area contributed by atoms with Gasteiger partial charge in [-0.05, 0) is 38.0 Å². The SMILES string of the molecule is C#CCCCCC#Cc1ncnc2c1ncn2C1CCCCO1. The predicted molar refractivity (Wildman–Crippen MR) is 88.3 cm³/mol. The molecule has 1 saturated heterocycles. The van der Waals surface area contributed by atoms with Gasteiger partial charge in [0.1, 0.15) is 23.8 Å². The Morgan fingerprint density at radius 1 is 1.22 bits per heavy atom. The first kappa shape index (κ1) is 15.5. The highest BCUT2D eigenvalue weighted by Crippen LogP contribution is 2.25. The molecular weight excluding hydrogens is 288 g/mol. The summed E-state index contributed by atoms with van der Waals surface area (Å²) in [6, 6.07) is 0. The second-order valence-electron chi connectivity index (χ2n) is 5.58. The van der Waals surface area contributed by atoms with Crippen LogP contribution in [0, 0.1) is 24.2 Å². The van der Waals surface area contributed by atoms with Crippen LogP contribution in [0.4, 0.5) is 0 Å². The van der Waals surface area contributed by atoms with Crippen molar-refractivity contribution in [2.45, 2.75) is 51.2 Å². The summed E-state index contributed by atoms with van der Waals surface area (Å²) < 4.78 is 7.81. The average molecular weight is 308 g/mol. The molecule has 3 heterocycles. The monoisotopic (exact) mass is 308 g/mol. The van der Waals surface area contributed by atoms with Crippen molar-refractivity contribution >= 4 is 11.2 Å². The van der Waals surface area contributed by atoms with Crippen LogP contribution in [-0.4, -0.2) is 26.1 Å². The van der Waals surface area contributed by atoms with E-state index in [9.17, 15) is 0 Å². The molecule has 0 spiro atoms. The summed E-state index contributed by atoms with van der Waals surface area (Å²) in [6.45, 7) is 0.791. The molecule has 1 aliphatic rings. The molecule has 0 saturated carbocycles. The first-order chi connectivity index (χ1) is 11.4. The van der Waals surface area contributed by atoms with Gasteiger partial charge < -0.3 is 4.74 Å². The maximum atomic E-state index is 5.82. The number of aromatic nitrogens is 4. The predicted octanol–water partition coefficient (Wildman–Crippen LogP) is 3.07. The van der Waals surface area contributed by atoms with E-state index in [1.165, 1.54) is 6.42 Å². The highest BCUT2D eigenvalue weighted by Gasteiger charge is 2.19. The minimum absolute atomic E-state index is 0.0215. The Labute approximate surface area is 136 Å². The maximum Gasteiger partial charge on any atom is 0.166 e. The fourth-order valence-electron chi connectivity index (χ4n) is 2.68. The van der Waals surface area contributed by atoms with Gasteiger partial charge in [-0.15, -0.1) is 12.3 Å². The number of hydrogen-bond acceptors (Lipinski definition) is 4. The zero-order valence-corrected chi connectivity index (χ0v) is 13.2. The molecule has 1 aliphatic heterocycles. The number of imidazole rings is 1. The Hall–Kier alpha value is -2.37. The fraction of sp³-hybridized carbons (Fsp3) is 0.500. The van der Waals surface area contributed by atoms with E-state index in [1.54, 1.807) is 12.7 Å². The Balaban J connectivity index is 1.76. The minimum atomic E-state index is 0.0215. The highest BCUT2D eigenvalue weighted by molar-refractivity contribution is 5.76. The van der Waals surface area contributed by atoms with Gasteiger partial charge in [-0.1, -0.05) is 5.92 Å². The van der Waals surface area contributed by atoms with Crippen LogP contribution in [0.15, 0.2) is 12.7 Å². The van der Waals surface area contributed by atoms with Gasteiger partial charge in [0.2, 0.25) is 0 Å². The molecule has 0 radical (unpaired) electrons. The number of ether oxygens (including phenoxy) is 1. The van der Waals surface area contributed by atoms with Crippen molar-refractivity contribution in [2.24, 2.45) is 0 Å². The van der Waals surface area contributed by atoms with Gasteiger partial charge in [-0.2, -0.15) is 0 Å². The molecule has 1 unspecified atom stereocenters. The van der Waals surface area contributed by atoms with Gasteiger partial charge in [0.25, 0.3) is 0 Å². The molecule has 23 heavy (non-hydrogen) atoms. The Morgan fingerprint density at radius 3 is 2.96 bits per heavy atom. The topological polar surface area (TPSA) is 52.8 Å². The third-order valence-corrected chi connectivity index (χ3v) is 3.90. The summed E-state index contributed by atoms with van der Waals surface area (Å²) in [5.41, 5.74) is 2.22. The van der Waals surface area contributed by atoms with Crippen LogP contribution in [0.1, 0.15) is 56.9 Å². The van der Waals surface area contributed by atoms with Crippen LogP contribution in [0.25, 0.3) is 11.2 Å². The number of nitrogens with zero attached hydrogens (tertiary/aromatic N) is 4. The van der Waals surface area contributed by atoms with E-state index in [-0.39, 0.29) is 6.23 Å². The van der Waals surface area contributed by atoms with Gasteiger partial charge in [-0.25, -0.2) is 15.0 Å². The van der Waals surface area contributed by atoms with Crippen LogP contribution < -0.4 is 0 Å². The summed E-state index contributed by atoms with van der Waals surface area (Å²) in [6.07, 6.45) is 15.5. The maximum absolute atomic E-state index is 5.82. The summed E-state index contributed by atoms with van der Waals surface area (Å²) in [5.74, 6) is 8.90. The fourth-order valence-corrected chi connectivity index (χ4v) is 2.68. The number of fused-ring (bicyclic) bond motifs is 1. The summed E-state index contributed by atoms with van der Waals surface area (Å²) >= 11 is 0. The molecule has 0 bridgehead atoms. The Bertz CT molecular complexity index is 757. The highest BCUT2D eigenvalue weighted by atomic mass is 16.5. The van der Waals surface area contributed by atoms with E-state index >= 15 is 0 Å². The summed E-state index contributed by atoms with van der Waals surface area (Å²) in [7, 11) is 0. The molecule has 118 valence electrons. The smallest absolute Gasteiger partial charge is 0.166 e. The van der Waals surface area contributed by atoms with Crippen molar-refractivity contribution < 1.29 is 4.74 Å². The van der Waals surface area contributed by atoms with Gasteiger partial charge in [0.05, 0.1) is 6.33 Å². The second-order valence-corrected chi connectivity index (χ2v) is 5.58. The third-order valence-electron chi connectivity index (χ3n) is 3.90. The first-order valence-corrected chi connectivity index (χ1v) is 8.11. The van der Waals surface area contributed by atoms with E-state index in [0.29, 0.717) is 5.69 Å². The van der Waals surface area contributed by atoms with Crippen LogP contribution in [0.5, 0.6) is 0 Å². The van der Waals surface area contributed by atoms with Crippen molar-refractivity contribution in [3.05, 3.63) is 18.3 Å². The molecule has 0 aliphatic carbocycles. The molecule has 2 aromatic rings.